The van der Waals surface area contributed by atoms with Crippen LogP contribution >= 0.6 is 0 Å². The maximum absolute atomic E-state index is 14.0. The van der Waals surface area contributed by atoms with E-state index in [1.807, 2.05) is 18.2 Å². The molecule has 0 saturated carbocycles. The van der Waals surface area contributed by atoms with Crippen LogP contribution in [0.25, 0.3) is 0 Å². The minimum atomic E-state index is -0.212. The van der Waals surface area contributed by atoms with Crippen LogP contribution in [0.3, 0.4) is 0 Å². The van der Waals surface area contributed by atoms with Crippen molar-refractivity contribution in [3.05, 3.63) is 83.7 Å². The molecule has 35 heavy (non-hydrogen) atoms. The minimum Gasteiger partial charge on any atom is -0.487 e. The second-order valence-electron chi connectivity index (χ2n) is 10.1. The summed E-state index contributed by atoms with van der Waals surface area (Å²) in [6.45, 7) is 5.86. The molecule has 3 aliphatic heterocycles. The second kappa shape index (κ2) is 9.90. The Morgan fingerprint density at radius 3 is 2.54 bits per heavy atom. The molecule has 0 bridgehead atoms. The summed E-state index contributed by atoms with van der Waals surface area (Å²) in [6, 6.07) is 23.0. The Bertz CT molecular complexity index is 1160. The van der Waals surface area contributed by atoms with Gasteiger partial charge in [0.2, 0.25) is 0 Å². The monoisotopic (exact) mass is 471 g/mol. The number of benzene rings is 3. The number of hydrogen-bond donors (Lipinski definition) is 0. The van der Waals surface area contributed by atoms with Crippen molar-refractivity contribution in [1.29, 1.82) is 0 Å². The van der Waals surface area contributed by atoms with Gasteiger partial charge in [0.1, 0.15) is 18.2 Å². The first-order valence-electron chi connectivity index (χ1n) is 13.1. The smallest absolute Gasteiger partial charge is 0.143 e. The largest absolute Gasteiger partial charge is 0.487 e. The summed E-state index contributed by atoms with van der Waals surface area (Å²) < 4.78 is 20.1. The zero-order chi connectivity index (χ0) is 23.6. The van der Waals surface area contributed by atoms with E-state index in [0.29, 0.717) is 12.6 Å². The molecular weight excluding hydrogens is 437 g/mol. The zero-order valence-corrected chi connectivity index (χ0v) is 20.3. The van der Waals surface area contributed by atoms with Gasteiger partial charge < -0.3 is 14.5 Å². The molecule has 4 nitrogen and oxygen atoms in total. The Morgan fingerprint density at radius 2 is 1.69 bits per heavy atom. The molecule has 0 radical (unpaired) electrons. The Labute approximate surface area is 207 Å². The molecule has 3 aromatic rings. The fourth-order valence-electron chi connectivity index (χ4n) is 5.95. The van der Waals surface area contributed by atoms with Crippen molar-refractivity contribution < 1.29 is 9.13 Å². The van der Waals surface area contributed by atoms with E-state index in [1.54, 1.807) is 12.1 Å². The van der Waals surface area contributed by atoms with Crippen molar-refractivity contribution in [3.63, 3.8) is 0 Å². The van der Waals surface area contributed by atoms with Gasteiger partial charge in [-0.1, -0.05) is 24.3 Å². The van der Waals surface area contributed by atoms with Crippen molar-refractivity contribution in [1.82, 2.24) is 4.90 Å². The minimum absolute atomic E-state index is 0.212. The number of halogens is 1. The summed E-state index contributed by atoms with van der Waals surface area (Å²) in [6.07, 6.45) is 6.10. The molecule has 3 heterocycles. The van der Waals surface area contributed by atoms with Crippen LogP contribution in [0.2, 0.25) is 0 Å². The maximum Gasteiger partial charge on any atom is 0.143 e. The van der Waals surface area contributed by atoms with Crippen LogP contribution in [0.5, 0.6) is 5.75 Å². The molecule has 1 atom stereocenters. The predicted molar refractivity (Wildman–Crippen MR) is 140 cm³/mol. The highest BCUT2D eigenvalue weighted by molar-refractivity contribution is 5.73. The molecule has 3 aliphatic rings. The lowest BCUT2D eigenvalue weighted by atomic mass is 10.1. The molecule has 2 saturated heterocycles. The predicted octanol–water partition coefficient (Wildman–Crippen LogP) is 6.16. The van der Waals surface area contributed by atoms with E-state index >= 15 is 0 Å². The molecule has 0 aromatic heterocycles. The third-order valence-electron chi connectivity index (χ3n) is 7.86. The van der Waals surface area contributed by atoms with Crippen molar-refractivity contribution in [2.75, 3.05) is 42.5 Å². The van der Waals surface area contributed by atoms with Crippen molar-refractivity contribution in [2.45, 2.75) is 44.8 Å². The van der Waals surface area contributed by atoms with E-state index in [9.17, 15) is 4.39 Å². The Hall–Kier alpha value is -3.05. The molecule has 0 amide bonds. The fraction of sp³-hybridized carbons (Fsp3) is 0.400. The van der Waals surface area contributed by atoms with Crippen LogP contribution in [-0.2, 0) is 13.0 Å². The van der Waals surface area contributed by atoms with E-state index in [0.717, 1.165) is 48.7 Å². The van der Waals surface area contributed by atoms with Gasteiger partial charge >= 0.3 is 0 Å². The number of fused-ring (bicyclic) bond motifs is 2. The number of likely N-dealkylation sites (tertiary alicyclic amines) is 1. The molecular formula is C30H34FN3O. The highest BCUT2D eigenvalue weighted by Crippen LogP contribution is 2.40. The van der Waals surface area contributed by atoms with E-state index < -0.39 is 0 Å². The summed E-state index contributed by atoms with van der Waals surface area (Å²) in [4.78, 5) is 7.49. The number of nitrogens with zero attached hydrogens (tertiary/aromatic N) is 3. The average Bonchev–Trinajstić information content (AvgIpc) is 3.55. The first kappa shape index (κ1) is 22.4. The van der Waals surface area contributed by atoms with Crippen molar-refractivity contribution >= 4 is 17.1 Å². The molecule has 5 heteroatoms. The van der Waals surface area contributed by atoms with Gasteiger partial charge in [0, 0.05) is 49.2 Å². The van der Waals surface area contributed by atoms with E-state index in [2.05, 4.69) is 51.1 Å². The number of hydrogen-bond acceptors (Lipinski definition) is 4. The quantitative estimate of drug-likeness (QED) is 0.428. The molecule has 1 unspecified atom stereocenters. The van der Waals surface area contributed by atoms with Crippen LogP contribution in [0.1, 0.15) is 36.8 Å². The Balaban J connectivity index is 1.17. The lowest BCUT2D eigenvalue weighted by Crippen LogP contribution is -2.39. The standard InChI is InChI=1S/C30H34FN3O/c31-25-11-14-28-24(20-25)22-35-30-8-2-1-7-29(30)34(28)21-27-6-5-18-33(27)19-15-23-9-12-26(13-10-23)32-16-3-4-17-32/h1-2,7-14,20,27H,3-6,15-19,21-22H2. The van der Waals surface area contributed by atoms with Crippen molar-refractivity contribution in [3.8, 4) is 5.75 Å². The van der Waals surface area contributed by atoms with Crippen molar-refractivity contribution in [2.24, 2.45) is 0 Å². The molecule has 0 aliphatic carbocycles. The number of anilines is 3. The van der Waals surface area contributed by atoms with Gasteiger partial charge in [-0.15, -0.1) is 0 Å². The second-order valence-corrected chi connectivity index (χ2v) is 10.1. The molecule has 182 valence electrons. The van der Waals surface area contributed by atoms with Gasteiger partial charge in [-0.2, -0.15) is 0 Å². The fourth-order valence-corrected chi connectivity index (χ4v) is 5.95. The Kier molecular flexibility index (Phi) is 6.34. The van der Waals surface area contributed by atoms with Gasteiger partial charge in [-0.25, -0.2) is 4.39 Å². The van der Waals surface area contributed by atoms with Crippen LogP contribution in [0.15, 0.2) is 66.7 Å². The SMILES string of the molecule is Fc1ccc2c(c1)COc1ccccc1N2CC1CCCN1CCc1ccc(N2CCCC2)cc1. The summed E-state index contributed by atoms with van der Waals surface area (Å²) in [7, 11) is 0. The lowest BCUT2D eigenvalue weighted by Gasteiger charge is -2.32. The van der Waals surface area contributed by atoms with Crippen LogP contribution < -0.4 is 14.5 Å². The third-order valence-corrected chi connectivity index (χ3v) is 7.86. The van der Waals surface area contributed by atoms with Crippen LogP contribution in [0, 0.1) is 5.82 Å². The molecule has 3 aromatic carbocycles. The summed E-state index contributed by atoms with van der Waals surface area (Å²) in [5.74, 6) is 0.656. The highest BCUT2D eigenvalue weighted by atomic mass is 19.1. The first-order chi connectivity index (χ1) is 17.2. The Morgan fingerprint density at radius 1 is 0.857 bits per heavy atom. The van der Waals surface area contributed by atoms with Gasteiger partial charge in [0.05, 0.1) is 5.69 Å². The number of para-hydroxylation sites is 2. The number of ether oxygens (including phenoxy) is 1. The first-order valence-corrected chi connectivity index (χ1v) is 13.1. The number of rotatable bonds is 6. The van der Waals surface area contributed by atoms with Crippen LogP contribution in [0.4, 0.5) is 21.5 Å². The van der Waals surface area contributed by atoms with Crippen LogP contribution in [-0.4, -0.2) is 43.7 Å². The van der Waals surface area contributed by atoms with E-state index in [-0.39, 0.29) is 5.82 Å². The average molecular weight is 472 g/mol. The topological polar surface area (TPSA) is 19.0 Å². The lowest BCUT2D eigenvalue weighted by molar-refractivity contribution is 0.261. The van der Waals surface area contributed by atoms with Gasteiger partial charge in [0.25, 0.3) is 0 Å². The van der Waals surface area contributed by atoms with Gasteiger partial charge in [-0.05, 0) is 86.7 Å². The normalized spacial score (nSPS) is 19.9. The zero-order valence-electron chi connectivity index (χ0n) is 20.3. The summed E-state index contributed by atoms with van der Waals surface area (Å²) in [5, 5.41) is 0. The third kappa shape index (κ3) is 4.74. The molecule has 0 spiro atoms. The van der Waals surface area contributed by atoms with E-state index in [1.165, 1.54) is 50.0 Å². The maximum atomic E-state index is 14.0. The van der Waals surface area contributed by atoms with E-state index in [4.69, 9.17) is 4.74 Å². The molecule has 0 N–H and O–H groups in total. The summed E-state index contributed by atoms with van der Waals surface area (Å²) in [5.41, 5.74) is 5.81. The molecule has 2 fully saturated rings. The summed E-state index contributed by atoms with van der Waals surface area (Å²) >= 11 is 0. The van der Waals surface area contributed by atoms with Gasteiger partial charge in [-0.3, -0.25) is 4.90 Å². The highest BCUT2D eigenvalue weighted by Gasteiger charge is 2.30. The molecule has 6 rings (SSSR count). The van der Waals surface area contributed by atoms with Gasteiger partial charge in [0.15, 0.2) is 0 Å².